The van der Waals surface area contributed by atoms with Crippen LogP contribution in [0.4, 0.5) is 0 Å². The molecule has 9 rings (SSSR count). The minimum atomic E-state index is -0.539. The first kappa shape index (κ1) is 41.5. The third-order valence-electron chi connectivity index (χ3n) is 13.5. The van der Waals surface area contributed by atoms with E-state index in [1.54, 1.807) is 0 Å². The van der Waals surface area contributed by atoms with E-state index in [1.165, 1.54) is 40.8 Å². The number of nitrogens with zero attached hydrogens (tertiary/aromatic N) is 6. The van der Waals surface area contributed by atoms with E-state index in [0.29, 0.717) is 42.2 Å². The number of ether oxygens (including phenoxy) is 1. The summed E-state index contributed by atoms with van der Waals surface area (Å²) in [5.41, 5.74) is 16.5. The second-order valence-electron chi connectivity index (χ2n) is 19.7. The van der Waals surface area contributed by atoms with Crippen LogP contribution in [0.2, 0.25) is 0 Å². The predicted octanol–water partition coefficient (Wildman–Crippen LogP) is 10.7. The van der Waals surface area contributed by atoms with E-state index in [0.717, 1.165) is 94.2 Å². The van der Waals surface area contributed by atoms with Gasteiger partial charge in [-0.25, -0.2) is 0 Å². The van der Waals surface area contributed by atoms with Crippen LogP contribution in [-0.2, 0) is 52.9 Å². The number of aryl methyl sites for hydroxylation is 4. The molecule has 0 radical (unpaired) electrons. The Morgan fingerprint density at radius 3 is 1.69 bits per heavy atom. The van der Waals surface area contributed by atoms with Gasteiger partial charge in [-0.15, -0.1) is 0 Å². The monoisotopic (exact) mass is 832 g/mol. The van der Waals surface area contributed by atoms with Crippen molar-refractivity contribution in [1.82, 2.24) is 30.2 Å². The topological polar surface area (TPSA) is 147 Å². The highest BCUT2D eigenvalue weighted by molar-refractivity contribution is 5.85. The summed E-state index contributed by atoms with van der Waals surface area (Å²) in [4.78, 5) is 44.9. The molecule has 1 fully saturated rings. The average molecular weight is 833 g/mol. The molecule has 62 heavy (non-hydrogen) atoms. The molecule has 3 aliphatic rings. The van der Waals surface area contributed by atoms with Crippen molar-refractivity contribution in [2.75, 3.05) is 0 Å². The summed E-state index contributed by atoms with van der Waals surface area (Å²) in [5, 5.41) is 8.71. The van der Waals surface area contributed by atoms with E-state index >= 15 is 0 Å². The summed E-state index contributed by atoms with van der Waals surface area (Å²) >= 11 is 0. The summed E-state index contributed by atoms with van der Waals surface area (Å²) in [7, 11) is 0. The third kappa shape index (κ3) is 8.50. The van der Waals surface area contributed by atoms with E-state index in [9.17, 15) is 9.59 Å². The number of fused-ring (bicyclic) bond motifs is 2. The van der Waals surface area contributed by atoms with Gasteiger partial charge >= 0.3 is 11.9 Å². The van der Waals surface area contributed by atoms with E-state index in [2.05, 4.69) is 43.0 Å². The van der Waals surface area contributed by atoms with Crippen molar-refractivity contribution in [1.29, 1.82) is 0 Å². The van der Waals surface area contributed by atoms with Crippen molar-refractivity contribution < 1.29 is 23.4 Å². The molecule has 2 aromatic carbocycles. The molecule has 0 unspecified atom stereocenters. The minimum Gasteiger partial charge on any atom is -0.393 e. The lowest BCUT2D eigenvalue weighted by Gasteiger charge is -2.33. The van der Waals surface area contributed by atoms with Gasteiger partial charge in [0.1, 0.15) is 0 Å². The van der Waals surface area contributed by atoms with E-state index < -0.39 is 11.9 Å². The van der Waals surface area contributed by atoms with E-state index in [-0.39, 0.29) is 23.7 Å². The Kier molecular flexibility index (Phi) is 10.8. The first-order chi connectivity index (χ1) is 29.6. The molecule has 3 aliphatic carbocycles. The van der Waals surface area contributed by atoms with Crippen LogP contribution < -0.4 is 0 Å². The first-order valence-corrected chi connectivity index (χ1v) is 22.2. The van der Waals surface area contributed by atoms with E-state index in [4.69, 9.17) is 28.7 Å². The summed E-state index contributed by atoms with van der Waals surface area (Å²) < 4.78 is 17.0. The highest BCUT2D eigenvalue weighted by Crippen LogP contribution is 2.47. The smallest absolute Gasteiger partial charge is 0.313 e. The fourth-order valence-corrected chi connectivity index (χ4v) is 9.86. The maximum absolute atomic E-state index is 12.9. The first-order valence-electron chi connectivity index (χ1n) is 22.2. The lowest BCUT2D eigenvalue weighted by molar-refractivity contribution is -0.159. The van der Waals surface area contributed by atoms with Gasteiger partial charge in [-0.2, -0.15) is 9.97 Å². The highest BCUT2D eigenvalue weighted by Gasteiger charge is 2.36. The Hall–Kier alpha value is -5.84. The number of carbonyl (C=O) groups is 2. The van der Waals surface area contributed by atoms with Gasteiger partial charge in [0.25, 0.3) is 11.8 Å². The predicted molar refractivity (Wildman–Crippen MR) is 236 cm³/mol. The van der Waals surface area contributed by atoms with Gasteiger partial charge in [0.15, 0.2) is 0 Å². The molecule has 0 aliphatic heterocycles. The fourth-order valence-electron chi connectivity index (χ4n) is 9.86. The van der Waals surface area contributed by atoms with Gasteiger partial charge in [0.2, 0.25) is 11.6 Å². The van der Waals surface area contributed by atoms with Crippen molar-refractivity contribution >= 4 is 11.9 Å². The minimum absolute atomic E-state index is 0.0863. The quantitative estimate of drug-likeness (QED) is 0.0907. The van der Waals surface area contributed by atoms with Crippen molar-refractivity contribution in [3.8, 4) is 45.7 Å². The number of esters is 2. The summed E-state index contributed by atoms with van der Waals surface area (Å²) in [6.07, 6.45) is 15.3. The molecule has 11 nitrogen and oxygen atoms in total. The lowest BCUT2D eigenvalue weighted by Crippen LogP contribution is -2.24. The Morgan fingerprint density at radius 2 is 1.16 bits per heavy atom. The Morgan fingerprint density at radius 1 is 0.661 bits per heavy atom. The van der Waals surface area contributed by atoms with Crippen LogP contribution in [0.1, 0.15) is 133 Å². The molecule has 0 atom stereocenters. The maximum Gasteiger partial charge on any atom is 0.313 e. The summed E-state index contributed by atoms with van der Waals surface area (Å²) in [6.45, 7) is 17.3. The zero-order valence-electron chi connectivity index (χ0n) is 37.3. The number of carbonyl (C=O) groups excluding carboxylic acids is 2. The Labute approximate surface area is 363 Å². The standard InChI is InChI=1S/C51H56N6O5/c1-28-19-33(46-54-48(61-56-46)41-26-52-25-35-23-50(5,6)17-15-38(35)41)20-29(2)36(28)11-13-43(58)60-44(59)14-12-37-30(3)21-34(22-31(37)4)47-55-49(62-57-47)42-27-53-45(32-9-10-32)40-24-51(7,8)18-16-39(40)42/h19-22,25-27,32H,9-18,23-24H2,1-8H3. The SMILES string of the molecule is Cc1cc(-c2noc(-c3cncc4c3CCC(C)(C)C4)n2)cc(C)c1CCC(=O)OC(=O)CCc1c(C)cc(-c2noc(-c3cnc(C4CC4)c4c3CCC(C)(C)C4)n2)cc1C. The van der Waals surface area contributed by atoms with Crippen molar-refractivity contribution in [3.05, 3.63) is 104 Å². The van der Waals surface area contributed by atoms with Crippen LogP contribution in [-0.4, -0.2) is 42.2 Å². The molecule has 0 bridgehead atoms. The number of pyridine rings is 2. The van der Waals surface area contributed by atoms with Gasteiger partial charge in [0, 0.05) is 41.3 Å². The third-order valence-corrected chi connectivity index (χ3v) is 13.5. The largest absolute Gasteiger partial charge is 0.393 e. The van der Waals surface area contributed by atoms with Crippen LogP contribution in [0.25, 0.3) is 45.7 Å². The molecular formula is C51H56N6O5. The van der Waals surface area contributed by atoms with Gasteiger partial charge in [-0.1, -0.05) is 38.0 Å². The number of hydrogen-bond acceptors (Lipinski definition) is 11. The van der Waals surface area contributed by atoms with Crippen LogP contribution in [0, 0.1) is 38.5 Å². The van der Waals surface area contributed by atoms with Gasteiger partial charge < -0.3 is 13.8 Å². The molecule has 320 valence electrons. The number of hydrogen-bond donors (Lipinski definition) is 0. The average Bonchev–Trinajstić information content (AvgIpc) is 3.71. The van der Waals surface area contributed by atoms with Gasteiger partial charge in [0.05, 0.1) is 24.0 Å². The number of aromatic nitrogens is 6. The van der Waals surface area contributed by atoms with Crippen LogP contribution >= 0.6 is 0 Å². The van der Waals surface area contributed by atoms with Crippen molar-refractivity contribution in [2.24, 2.45) is 10.8 Å². The molecule has 4 aromatic heterocycles. The Bertz CT molecular complexity index is 2690. The zero-order chi connectivity index (χ0) is 43.5. The second-order valence-corrected chi connectivity index (χ2v) is 19.7. The lowest BCUT2D eigenvalue weighted by atomic mass is 9.72. The van der Waals surface area contributed by atoms with E-state index in [1.807, 2.05) is 70.6 Å². The molecule has 0 saturated heterocycles. The maximum atomic E-state index is 12.9. The second kappa shape index (κ2) is 16.1. The molecule has 0 amide bonds. The summed E-state index contributed by atoms with van der Waals surface area (Å²) in [5.74, 6) is 1.50. The highest BCUT2D eigenvalue weighted by atomic mass is 16.6. The molecular weight excluding hydrogens is 777 g/mol. The molecule has 1 saturated carbocycles. The number of benzene rings is 2. The van der Waals surface area contributed by atoms with Crippen molar-refractivity contribution in [3.63, 3.8) is 0 Å². The molecule has 0 spiro atoms. The molecule has 0 N–H and O–H groups in total. The molecule has 11 heteroatoms. The van der Waals surface area contributed by atoms with Crippen LogP contribution in [0.15, 0.2) is 51.9 Å². The molecule has 4 heterocycles. The van der Waals surface area contributed by atoms with Gasteiger partial charge in [-0.3, -0.25) is 19.6 Å². The zero-order valence-corrected chi connectivity index (χ0v) is 37.3. The fraction of sp³-hybridized carbons (Fsp3) is 0.451. The van der Waals surface area contributed by atoms with Crippen LogP contribution in [0.3, 0.4) is 0 Å². The van der Waals surface area contributed by atoms with Crippen LogP contribution in [0.5, 0.6) is 0 Å². The summed E-state index contributed by atoms with van der Waals surface area (Å²) in [6, 6.07) is 8.09. The Balaban J connectivity index is 0.801. The number of rotatable bonds is 11. The normalized spacial score (nSPS) is 16.5. The molecule has 6 aromatic rings. The van der Waals surface area contributed by atoms with Crippen molar-refractivity contribution in [2.45, 2.75) is 138 Å². The van der Waals surface area contributed by atoms with Gasteiger partial charge in [-0.05, 0) is 183 Å².